The Morgan fingerprint density at radius 1 is 1.39 bits per heavy atom. The fourth-order valence-corrected chi connectivity index (χ4v) is 3.64. The number of carbonyl (C=O) groups is 1. The molecule has 0 spiro atoms. The van der Waals surface area contributed by atoms with Crippen molar-refractivity contribution in [2.75, 3.05) is 45.3 Å². The van der Waals surface area contributed by atoms with Gasteiger partial charge in [-0.05, 0) is 48.6 Å². The summed E-state index contributed by atoms with van der Waals surface area (Å²) in [5, 5.41) is 9.30. The number of amides is 1. The van der Waals surface area contributed by atoms with Crippen molar-refractivity contribution in [3.05, 3.63) is 59.3 Å². The zero-order valence-corrected chi connectivity index (χ0v) is 16.5. The monoisotopic (exact) mass is 378 g/mol. The molecule has 6 heteroatoms. The minimum Gasteiger partial charge on any atom is -0.383 e. The minimum atomic E-state index is 0.0131. The van der Waals surface area contributed by atoms with Crippen molar-refractivity contribution in [3.8, 4) is 6.07 Å². The van der Waals surface area contributed by atoms with Gasteiger partial charge in [0.25, 0.3) is 5.91 Å². The average molecular weight is 378 g/mol. The molecule has 1 saturated heterocycles. The molecule has 146 valence electrons. The number of rotatable bonds is 7. The first kappa shape index (κ1) is 19.8. The van der Waals surface area contributed by atoms with Crippen LogP contribution in [0.1, 0.15) is 27.9 Å². The van der Waals surface area contributed by atoms with E-state index < -0.39 is 0 Å². The Kier molecular flexibility index (Phi) is 6.62. The van der Waals surface area contributed by atoms with Crippen molar-refractivity contribution in [2.24, 2.45) is 5.92 Å². The van der Waals surface area contributed by atoms with Gasteiger partial charge in [-0.3, -0.25) is 4.79 Å². The Balaban J connectivity index is 1.64. The topological polar surface area (TPSA) is 69.5 Å². The van der Waals surface area contributed by atoms with Crippen LogP contribution in [0, 0.1) is 17.2 Å². The number of nitrogens with zero attached hydrogens (tertiary/aromatic N) is 4. The number of anilines is 1. The third-order valence-electron chi connectivity index (χ3n) is 5.17. The van der Waals surface area contributed by atoms with E-state index in [2.05, 4.69) is 22.0 Å². The van der Waals surface area contributed by atoms with Crippen molar-refractivity contribution in [2.45, 2.75) is 12.8 Å². The molecule has 1 aliphatic rings. The Hall–Kier alpha value is -2.91. The lowest BCUT2D eigenvalue weighted by atomic mass is 9.97. The first-order valence-electron chi connectivity index (χ1n) is 9.55. The molecule has 2 aromatic rings. The molecule has 1 unspecified atom stereocenters. The Labute approximate surface area is 166 Å². The molecule has 0 saturated carbocycles. The first-order chi connectivity index (χ1) is 13.6. The molecule has 1 amide bonds. The summed E-state index contributed by atoms with van der Waals surface area (Å²) >= 11 is 0. The molecule has 1 aromatic heterocycles. The van der Waals surface area contributed by atoms with Gasteiger partial charge in [0.2, 0.25) is 0 Å². The van der Waals surface area contributed by atoms with Crippen LogP contribution in [0.4, 0.5) is 5.82 Å². The molecule has 1 aliphatic heterocycles. The molecule has 0 N–H and O–H groups in total. The standard InChI is InChI=1S/C22H26N4O2/c1-25(11-12-28-2)22(27)19-6-3-5-17(14-19)13-18-8-10-26(16-18)21-20(15-23)7-4-9-24-21/h3-7,9,14,18H,8,10-13,16H2,1-2H3. The van der Waals surface area contributed by atoms with Gasteiger partial charge in [-0.15, -0.1) is 0 Å². The molecule has 1 aromatic carbocycles. The lowest BCUT2D eigenvalue weighted by Crippen LogP contribution is -2.30. The van der Waals surface area contributed by atoms with Crippen LogP contribution >= 0.6 is 0 Å². The lowest BCUT2D eigenvalue weighted by molar-refractivity contribution is 0.0744. The summed E-state index contributed by atoms with van der Waals surface area (Å²) in [4.78, 5) is 20.8. The van der Waals surface area contributed by atoms with E-state index >= 15 is 0 Å². The second-order valence-electron chi connectivity index (χ2n) is 7.21. The predicted molar refractivity (Wildman–Crippen MR) is 108 cm³/mol. The van der Waals surface area contributed by atoms with Gasteiger partial charge in [0.1, 0.15) is 11.9 Å². The van der Waals surface area contributed by atoms with Crippen LogP contribution in [0.15, 0.2) is 42.6 Å². The molecule has 3 rings (SSSR count). The highest BCUT2D eigenvalue weighted by Gasteiger charge is 2.25. The Morgan fingerprint density at radius 2 is 2.25 bits per heavy atom. The largest absolute Gasteiger partial charge is 0.383 e. The second-order valence-corrected chi connectivity index (χ2v) is 7.21. The second kappa shape index (κ2) is 9.34. The van der Waals surface area contributed by atoms with E-state index in [1.165, 1.54) is 5.56 Å². The van der Waals surface area contributed by atoms with Crippen LogP contribution in [0.3, 0.4) is 0 Å². The first-order valence-corrected chi connectivity index (χ1v) is 9.55. The third kappa shape index (κ3) is 4.68. The van der Waals surface area contributed by atoms with Gasteiger partial charge in [0.15, 0.2) is 0 Å². The summed E-state index contributed by atoms with van der Waals surface area (Å²) in [6, 6.07) is 13.7. The van der Waals surface area contributed by atoms with Crippen LogP contribution < -0.4 is 4.90 Å². The third-order valence-corrected chi connectivity index (χ3v) is 5.17. The van der Waals surface area contributed by atoms with Gasteiger partial charge in [0.05, 0.1) is 12.2 Å². The van der Waals surface area contributed by atoms with Crippen molar-refractivity contribution in [1.29, 1.82) is 5.26 Å². The summed E-state index contributed by atoms with van der Waals surface area (Å²) < 4.78 is 5.05. The number of carbonyl (C=O) groups excluding carboxylic acids is 1. The number of methoxy groups -OCH3 is 1. The highest BCUT2D eigenvalue weighted by atomic mass is 16.5. The number of benzene rings is 1. The van der Waals surface area contributed by atoms with Crippen molar-refractivity contribution in [3.63, 3.8) is 0 Å². The fourth-order valence-electron chi connectivity index (χ4n) is 3.64. The predicted octanol–water partition coefficient (Wildman–Crippen LogP) is 2.74. The summed E-state index contributed by atoms with van der Waals surface area (Å²) in [5.41, 5.74) is 2.50. The van der Waals surface area contributed by atoms with Gasteiger partial charge in [-0.1, -0.05) is 12.1 Å². The maximum Gasteiger partial charge on any atom is 0.253 e. The van der Waals surface area contributed by atoms with E-state index in [9.17, 15) is 10.1 Å². The molecule has 0 radical (unpaired) electrons. The number of aromatic nitrogens is 1. The molecule has 28 heavy (non-hydrogen) atoms. The van der Waals surface area contributed by atoms with E-state index in [0.717, 1.165) is 31.7 Å². The van der Waals surface area contributed by atoms with Crippen LogP contribution in [0.2, 0.25) is 0 Å². The van der Waals surface area contributed by atoms with Crippen LogP contribution in [0.5, 0.6) is 0 Å². The summed E-state index contributed by atoms with van der Waals surface area (Å²) in [5.74, 6) is 1.26. The van der Waals surface area contributed by atoms with Gasteiger partial charge < -0.3 is 14.5 Å². The lowest BCUT2D eigenvalue weighted by Gasteiger charge is -2.19. The Morgan fingerprint density at radius 3 is 3.04 bits per heavy atom. The SMILES string of the molecule is COCCN(C)C(=O)c1cccc(CC2CCN(c3ncccc3C#N)C2)c1. The van der Waals surface area contributed by atoms with Crippen molar-refractivity contribution < 1.29 is 9.53 Å². The fraction of sp³-hybridized carbons (Fsp3) is 0.409. The average Bonchev–Trinajstić information content (AvgIpc) is 3.19. The number of ether oxygens (including phenoxy) is 1. The van der Waals surface area contributed by atoms with Crippen LogP contribution in [-0.2, 0) is 11.2 Å². The van der Waals surface area contributed by atoms with E-state index in [4.69, 9.17) is 4.74 Å². The molecule has 0 aliphatic carbocycles. The molecular formula is C22H26N4O2. The maximum absolute atomic E-state index is 12.6. The molecule has 0 bridgehead atoms. The number of nitriles is 1. The van der Waals surface area contributed by atoms with E-state index in [-0.39, 0.29) is 5.91 Å². The molecular weight excluding hydrogens is 352 g/mol. The summed E-state index contributed by atoms with van der Waals surface area (Å²) in [7, 11) is 3.43. The zero-order chi connectivity index (χ0) is 19.9. The van der Waals surface area contributed by atoms with Crippen molar-refractivity contribution >= 4 is 11.7 Å². The van der Waals surface area contributed by atoms with Gasteiger partial charge in [-0.25, -0.2) is 4.98 Å². The zero-order valence-electron chi connectivity index (χ0n) is 16.5. The number of pyridine rings is 1. The molecule has 2 heterocycles. The number of hydrogen-bond donors (Lipinski definition) is 0. The number of likely N-dealkylation sites (N-methyl/N-ethyl adjacent to an activating group) is 1. The normalized spacial score (nSPS) is 16.0. The van der Waals surface area contributed by atoms with E-state index in [0.29, 0.717) is 30.2 Å². The summed E-state index contributed by atoms with van der Waals surface area (Å²) in [6.07, 6.45) is 3.69. The summed E-state index contributed by atoms with van der Waals surface area (Å²) in [6.45, 7) is 2.87. The van der Waals surface area contributed by atoms with Crippen LogP contribution in [-0.4, -0.2) is 56.2 Å². The van der Waals surface area contributed by atoms with E-state index in [1.54, 1.807) is 31.3 Å². The Bertz CT molecular complexity index is 862. The van der Waals surface area contributed by atoms with Gasteiger partial charge >= 0.3 is 0 Å². The van der Waals surface area contributed by atoms with Crippen molar-refractivity contribution in [1.82, 2.24) is 9.88 Å². The maximum atomic E-state index is 12.6. The highest BCUT2D eigenvalue weighted by Crippen LogP contribution is 2.27. The molecule has 1 fully saturated rings. The quantitative estimate of drug-likeness (QED) is 0.741. The highest BCUT2D eigenvalue weighted by molar-refractivity contribution is 5.94. The number of hydrogen-bond acceptors (Lipinski definition) is 5. The van der Waals surface area contributed by atoms with Gasteiger partial charge in [0, 0.05) is 45.6 Å². The molecule has 1 atom stereocenters. The van der Waals surface area contributed by atoms with E-state index in [1.807, 2.05) is 24.3 Å². The smallest absolute Gasteiger partial charge is 0.253 e. The van der Waals surface area contributed by atoms with Crippen LogP contribution in [0.25, 0.3) is 0 Å². The molecule has 6 nitrogen and oxygen atoms in total. The van der Waals surface area contributed by atoms with Gasteiger partial charge in [-0.2, -0.15) is 5.26 Å². The minimum absolute atomic E-state index is 0.0131.